The van der Waals surface area contributed by atoms with Crippen LogP contribution < -0.4 is 5.32 Å². The number of halogens is 1. The van der Waals surface area contributed by atoms with E-state index in [9.17, 15) is 4.79 Å². The van der Waals surface area contributed by atoms with Crippen LogP contribution in [0.25, 0.3) is 0 Å². The van der Waals surface area contributed by atoms with Crippen LogP contribution in [0.4, 0.5) is 5.69 Å². The Morgan fingerprint density at radius 2 is 2.14 bits per heavy atom. The summed E-state index contributed by atoms with van der Waals surface area (Å²) in [5, 5.41) is 3.73. The highest BCUT2D eigenvalue weighted by atomic mass is 35.5. The van der Waals surface area contributed by atoms with Crippen LogP contribution in [0, 0.1) is 5.41 Å². The number of hydrogen-bond donors (Lipinski definition) is 1. The largest absolute Gasteiger partial charge is 0.384 e. The summed E-state index contributed by atoms with van der Waals surface area (Å²) in [7, 11) is 5.62. The van der Waals surface area contributed by atoms with Crippen molar-refractivity contribution in [3.05, 3.63) is 28.8 Å². The molecule has 0 atom stereocenters. The summed E-state index contributed by atoms with van der Waals surface area (Å²) in [6.07, 6.45) is 2.87. The second-order valence-corrected chi connectivity index (χ2v) is 6.47. The Labute approximate surface area is 131 Å². The van der Waals surface area contributed by atoms with Gasteiger partial charge in [-0.05, 0) is 50.7 Å². The molecule has 0 radical (unpaired) electrons. The van der Waals surface area contributed by atoms with Crippen molar-refractivity contribution in [1.29, 1.82) is 0 Å². The molecule has 1 fully saturated rings. The number of hydrogen-bond acceptors (Lipinski definition) is 3. The zero-order valence-corrected chi connectivity index (χ0v) is 13.7. The molecule has 5 heteroatoms. The quantitative estimate of drug-likeness (QED) is 0.877. The molecule has 1 aromatic rings. The molecule has 1 amide bonds. The second kappa shape index (κ2) is 6.77. The number of ether oxygens (including phenoxy) is 1. The maximum atomic E-state index is 12.5. The number of carbonyl (C=O) groups excluding carboxylic acids is 1. The summed E-state index contributed by atoms with van der Waals surface area (Å²) in [6, 6.07) is 5.62. The van der Waals surface area contributed by atoms with Gasteiger partial charge >= 0.3 is 0 Å². The number of amides is 1. The number of carbonyl (C=O) groups is 1. The Kier molecular flexibility index (Phi) is 5.25. The fourth-order valence-corrected chi connectivity index (χ4v) is 2.87. The van der Waals surface area contributed by atoms with Crippen LogP contribution in [0.3, 0.4) is 0 Å². The Balaban J connectivity index is 2.10. The van der Waals surface area contributed by atoms with Crippen molar-refractivity contribution in [3.63, 3.8) is 0 Å². The predicted octanol–water partition coefficient (Wildman–Crippen LogP) is 3.16. The van der Waals surface area contributed by atoms with Crippen molar-refractivity contribution in [2.45, 2.75) is 25.8 Å². The third-order valence-corrected chi connectivity index (χ3v) is 4.37. The molecule has 1 aromatic carbocycles. The number of methoxy groups -OCH3 is 1. The number of anilines is 1. The second-order valence-electron chi connectivity index (χ2n) is 6.06. The Morgan fingerprint density at radius 3 is 2.67 bits per heavy atom. The minimum Gasteiger partial charge on any atom is -0.384 e. The standard InChI is InChI=1S/C16H23ClN2O2/c1-19(2)10-12-9-13(5-6-14(12)17)18-15(20)16(11-21-3)7-4-8-16/h5-6,9H,4,7-8,10-11H2,1-3H3,(H,18,20). The molecule has 0 saturated heterocycles. The lowest BCUT2D eigenvalue weighted by atomic mass is 9.68. The Hall–Kier alpha value is -1.10. The minimum atomic E-state index is -0.351. The monoisotopic (exact) mass is 310 g/mol. The van der Waals surface area contributed by atoms with E-state index >= 15 is 0 Å². The SMILES string of the molecule is COCC1(C(=O)Nc2ccc(Cl)c(CN(C)C)c2)CCC1. The highest BCUT2D eigenvalue weighted by Gasteiger charge is 2.44. The van der Waals surface area contributed by atoms with E-state index < -0.39 is 0 Å². The lowest BCUT2D eigenvalue weighted by molar-refractivity contribution is -0.134. The van der Waals surface area contributed by atoms with E-state index in [1.807, 2.05) is 37.2 Å². The van der Waals surface area contributed by atoms with Gasteiger partial charge in [0.2, 0.25) is 5.91 Å². The molecular formula is C16H23ClN2O2. The number of benzene rings is 1. The summed E-state index contributed by atoms with van der Waals surface area (Å²) in [5.74, 6) is 0.0497. The lowest BCUT2D eigenvalue weighted by Crippen LogP contribution is -2.45. The van der Waals surface area contributed by atoms with Gasteiger partial charge in [-0.3, -0.25) is 4.79 Å². The third-order valence-electron chi connectivity index (χ3n) is 4.00. The van der Waals surface area contributed by atoms with Gasteiger partial charge in [0, 0.05) is 24.4 Å². The maximum absolute atomic E-state index is 12.5. The Bertz CT molecular complexity index is 513. The van der Waals surface area contributed by atoms with Gasteiger partial charge in [-0.2, -0.15) is 0 Å². The number of rotatable bonds is 6. The maximum Gasteiger partial charge on any atom is 0.232 e. The molecule has 0 aromatic heterocycles. The van der Waals surface area contributed by atoms with Crippen LogP contribution in [0.1, 0.15) is 24.8 Å². The molecule has 0 heterocycles. The molecule has 1 N–H and O–H groups in total. The highest BCUT2D eigenvalue weighted by Crippen LogP contribution is 2.42. The first-order valence-electron chi connectivity index (χ1n) is 7.20. The van der Waals surface area contributed by atoms with Crippen LogP contribution in [0.2, 0.25) is 5.02 Å². The normalized spacial score (nSPS) is 16.6. The molecule has 116 valence electrons. The van der Waals surface area contributed by atoms with Gasteiger partial charge in [0.1, 0.15) is 0 Å². The number of nitrogens with zero attached hydrogens (tertiary/aromatic N) is 1. The van der Waals surface area contributed by atoms with Crippen LogP contribution in [-0.4, -0.2) is 38.6 Å². The minimum absolute atomic E-state index is 0.0497. The molecule has 1 aliphatic rings. The van der Waals surface area contributed by atoms with Gasteiger partial charge in [0.25, 0.3) is 0 Å². The van der Waals surface area contributed by atoms with Gasteiger partial charge in [0.05, 0.1) is 12.0 Å². The molecule has 0 bridgehead atoms. The van der Waals surface area contributed by atoms with Crippen molar-refractivity contribution < 1.29 is 9.53 Å². The zero-order chi connectivity index (χ0) is 15.5. The summed E-state index contributed by atoms with van der Waals surface area (Å²) >= 11 is 6.20. The van der Waals surface area contributed by atoms with E-state index in [0.717, 1.165) is 42.1 Å². The zero-order valence-electron chi connectivity index (χ0n) is 12.9. The smallest absolute Gasteiger partial charge is 0.232 e. The first-order chi connectivity index (χ1) is 9.97. The fourth-order valence-electron chi connectivity index (χ4n) is 2.69. The van der Waals surface area contributed by atoms with Crippen molar-refractivity contribution in [1.82, 2.24) is 4.90 Å². The molecule has 1 aliphatic carbocycles. The van der Waals surface area contributed by atoms with Gasteiger partial charge < -0.3 is 15.0 Å². The topological polar surface area (TPSA) is 41.6 Å². The molecule has 2 rings (SSSR count). The van der Waals surface area contributed by atoms with Crippen molar-refractivity contribution in [2.75, 3.05) is 33.1 Å². The molecular weight excluding hydrogens is 288 g/mol. The van der Waals surface area contributed by atoms with Crippen molar-refractivity contribution in [2.24, 2.45) is 5.41 Å². The fraction of sp³-hybridized carbons (Fsp3) is 0.562. The molecule has 0 spiro atoms. The molecule has 1 saturated carbocycles. The highest BCUT2D eigenvalue weighted by molar-refractivity contribution is 6.31. The average molecular weight is 311 g/mol. The first-order valence-corrected chi connectivity index (χ1v) is 7.58. The predicted molar refractivity (Wildman–Crippen MR) is 85.6 cm³/mol. The summed E-state index contributed by atoms with van der Waals surface area (Å²) < 4.78 is 5.21. The molecule has 21 heavy (non-hydrogen) atoms. The van der Waals surface area contributed by atoms with E-state index in [0.29, 0.717) is 6.61 Å². The molecule has 0 aliphatic heterocycles. The molecule has 0 unspecified atom stereocenters. The van der Waals surface area contributed by atoms with E-state index in [1.165, 1.54) is 0 Å². The first kappa shape index (κ1) is 16.3. The van der Waals surface area contributed by atoms with Crippen molar-refractivity contribution >= 4 is 23.2 Å². The van der Waals surface area contributed by atoms with Crippen LogP contribution in [0.15, 0.2) is 18.2 Å². The summed E-state index contributed by atoms with van der Waals surface area (Å²) in [4.78, 5) is 14.5. The lowest BCUT2D eigenvalue weighted by Gasteiger charge is -2.39. The van der Waals surface area contributed by atoms with Gasteiger partial charge in [0.15, 0.2) is 0 Å². The van der Waals surface area contributed by atoms with Crippen molar-refractivity contribution in [3.8, 4) is 0 Å². The summed E-state index contributed by atoms with van der Waals surface area (Å²) in [5.41, 5.74) is 1.45. The van der Waals surface area contributed by atoms with E-state index in [1.54, 1.807) is 7.11 Å². The Morgan fingerprint density at radius 1 is 1.43 bits per heavy atom. The van der Waals surface area contributed by atoms with Gasteiger partial charge in [-0.15, -0.1) is 0 Å². The third kappa shape index (κ3) is 3.76. The van der Waals surface area contributed by atoms with Gasteiger partial charge in [-0.1, -0.05) is 18.0 Å². The van der Waals surface area contributed by atoms with E-state index in [4.69, 9.17) is 16.3 Å². The van der Waals surface area contributed by atoms with E-state index in [-0.39, 0.29) is 11.3 Å². The van der Waals surface area contributed by atoms with Crippen LogP contribution in [0.5, 0.6) is 0 Å². The summed E-state index contributed by atoms with van der Waals surface area (Å²) in [6.45, 7) is 1.22. The van der Waals surface area contributed by atoms with Gasteiger partial charge in [-0.25, -0.2) is 0 Å². The van der Waals surface area contributed by atoms with E-state index in [2.05, 4.69) is 5.32 Å². The van der Waals surface area contributed by atoms with Crippen LogP contribution >= 0.6 is 11.6 Å². The number of nitrogens with one attached hydrogen (secondary N) is 1. The molecule has 4 nitrogen and oxygen atoms in total. The average Bonchev–Trinajstić information content (AvgIpc) is 2.37. The van der Waals surface area contributed by atoms with Crippen LogP contribution in [-0.2, 0) is 16.1 Å².